The van der Waals surface area contributed by atoms with Crippen molar-refractivity contribution in [1.29, 1.82) is 0 Å². The van der Waals surface area contributed by atoms with Crippen molar-refractivity contribution >= 4 is 9.84 Å². The van der Waals surface area contributed by atoms with E-state index in [1.807, 2.05) is 0 Å². The van der Waals surface area contributed by atoms with Gasteiger partial charge in [-0.2, -0.15) is 0 Å². The normalized spacial score (nSPS) is 11.5. The Bertz CT molecular complexity index is 724. The maximum Gasteiger partial charge on any atom is 0.176 e. The molecule has 2 aromatic rings. The summed E-state index contributed by atoms with van der Waals surface area (Å²) >= 11 is 0. The first-order chi connectivity index (χ1) is 9.43. The van der Waals surface area contributed by atoms with Gasteiger partial charge in [0.2, 0.25) is 0 Å². The first kappa shape index (κ1) is 14.6. The Morgan fingerprint density at radius 2 is 1.85 bits per heavy atom. The molecular weight excluding hydrogens is 274 g/mol. The second-order valence-corrected chi connectivity index (χ2v) is 6.63. The van der Waals surface area contributed by atoms with Crippen molar-refractivity contribution in [2.24, 2.45) is 5.73 Å². The molecule has 0 fully saturated rings. The summed E-state index contributed by atoms with van der Waals surface area (Å²) in [5.74, 6) is 0.135. The lowest BCUT2D eigenvalue weighted by atomic mass is 10.0. The summed E-state index contributed by atoms with van der Waals surface area (Å²) in [4.78, 5) is 0.256. The fourth-order valence-corrected chi connectivity index (χ4v) is 3.04. The molecule has 0 spiro atoms. The Hall–Kier alpha value is -1.85. The zero-order valence-electron chi connectivity index (χ0n) is 11.2. The van der Waals surface area contributed by atoms with Crippen molar-refractivity contribution in [1.82, 2.24) is 0 Å². The van der Waals surface area contributed by atoms with Gasteiger partial charge in [-0.3, -0.25) is 0 Å². The molecule has 0 aliphatic heterocycles. The number of aromatic hydroxyl groups is 1. The van der Waals surface area contributed by atoms with Crippen LogP contribution in [0.1, 0.15) is 5.56 Å². The molecule has 0 saturated carbocycles. The summed E-state index contributed by atoms with van der Waals surface area (Å²) in [5, 5.41) is 9.97. The molecule has 0 unspecified atom stereocenters. The molecule has 0 aliphatic carbocycles. The Morgan fingerprint density at radius 3 is 2.45 bits per heavy atom. The number of hydrogen-bond acceptors (Lipinski definition) is 4. The molecule has 0 aliphatic rings. The summed E-state index contributed by atoms with van der Waals surface area (Å²) in [7, 11) is -3.32. The zero-order chi connectivity index (χ0) is 14.8. The summed E-state index contributed by atoms with van der Waals surface area (Å²) < 4.78 is 23.6. The van der Waals surface area contributed by atoms with Crippen LogP contribution in [0.4, 0.5) is 0 Å². The highest BCUT2D eigenvalue weighted by Gasteiger charge is 2.14. The van der Waals surface area contributed by atoms with Gasteiger partial charge in [0.1, 0.15) is 5.75 Å². The van der Waals surface area contributed by atoms with Gasteiger partial charge in [-0.1, -0.05) is 30.3 Å². The third-order valence-electron chi connectivity index (χ3n) is 3.10. The topological polar surface area (TPSA) is 80.4 Å². The third-order valence-corrected chi connectivity index (χ3v) is 4.25. The molecule has 106 valence electrons. The highest BCUT2D eigenvalue weighted by molar-refractivity contribution is 7.90. The molecule has 2 rings (SSSR count). The molecule has 0 amide bonds. The molecule has 20 heavy (non-hydrogen) atoms. The highest BCUT2D eigenvalue weighted by atomic mass is 32.2. The van der Waals surface area contributed by atoms with E-state index in [2.05, 4.69) is 0 Å². The molecule has 0 saturated heterocycles. The lowest BCUT2D eigenvalue weighted by Crippen LogP contribution is -2.03. The summed E-state index contributed by atoms with van der Waals surface area (Å²) in [6.45, 7) is 0.451. The minimum absolute atomic E-state index is 0.135. The highest BCUT2D eigenvalue weighted by Crippen LogP contribution is 2.31. The first-order valence-electron chi connectivity index (χ1n) is 6.25. The van der Waals surface area contributed by atoms with Crippen molar-refractivity contribution in [3.63, 3.8) is 0 Å². The zero-order valence-corrected chi connectivity index (χ0v) is 12.0. The lowest BCUT2D eigenvalue weighted by molar-refractivity contribution is 0.468. The van der Waals surface area contributed by atoms with E-state index in [-0.39, 0.29) is 10.6 Å². The van der Waals surface area contributed by atoms with E-state index in [9.17, 15) is 13.5 Å². The summed E-state index contributed by atoms with van der Waals surface area (Å²) in [6.07, 6.45) is 1.76. The van der Waals surface area contributed by atoms with Gasteiger partial charge >= 0.3 is 0 Å². The van der Waals surface area contributed by atoms with Crippen LogP contribution < -0.4 is 5.73 Å². The van der Waals surface area contributed by atoms with E-state index < -0.39 is 9.84 Å². The van der Waals surface area contributed by atoms with Crippen molar-refractivity contribution in [2.75, 3.05) is 12.8 Å². The molecule has 0 heterocycles. The predicted molar refractivity (Wildman–Crippen MR) is 79.4 cm³/mol. The number of rotatable bonds is 4. The Kier molecular flexibility index (Phi) is 4.11. The van der Waals surface area contributed by atoms with Crippen LogP contribution in [0, 0.1) is 0 Å². The van der Waals surface area contributed by atoms with Crippen LogP contribution in [-0.4, -0.2) is 26.3 Å². The van der Waals surface area contributed by atoms with Crippen LogP contribution in [0.15, 0.2) is 47.4 Å². The Labute approximate surface area is 118 Å². The SMILES string of the molecule is CS(=O)(=O)c1ccccc1-c1ccc(CCN)c(O)c1. The van der Waals surface area contributed by atoms with E-state index >= 15 is 0 Å². The van der Waals surface area contributed by atoms with Crippen molar-refractivity contribution in [3.8, 4) is 16.9 Å². The van der Waals surface area contributed by atoms with Gasteiger partial charge in [-0.15, -0.1) is 0 Å². The van der Waals surface area contributed by atoms with E-state index in [0.29, 0.717) is 24.1 Å². The second kappa shape index (κ2) is 5.64. The van der Waals surface area contributed by atoms with Crippen LogP contribution in [0.5, 0.6) is 5.75 Å². The third kappa shape index (κ3) is 3.00. The fraction of sp³-hybridized carbons (Fsp3) is 0.200. The molecule has 2 aromatic carbocycles. The largest absolute Gasteiger partial charge is 0.508 e. The quantitative estimate of drug-likeness (QED) is 0.902. The van der Waals surface area contributed by atoms with Crippen LogP contribution in [0.25, 0.3) is 11.1 Å². The standard InChI is InChI=1S/C15H17NO3S/c1-20(18,19)15-5-3-2-4-13(15)12-7-6-11(8-9-16)14(17)10-12/h2-7,10,17H,8-9,16H2,1H3. The lowest BCUT2D eigenvalue weighted by Gasteiger charge is -2.10. The van der Waals surface area contributed by atoms with Gasteiger partial charge < -0.3 is 10.8 Å². The van der Waals surface area contributed by atoms with Crippen LogP contribution in [0.2, 0.25) is 0 Å². The van der Waals surface area contributed by atoms with Crippen molar-refractivity contribution in [3.05, 3.63) is 48.0 Å². The predicted octanol–water partition coefficient (Wildman–Crippen LogP) is 1.96. The number of phenols is 1. The van der Waals surface area contributed by atoms with Crippen molar-refractivity contribution < 1.29 is 13.5 Å². The van der Waals surface area contributed by atoms with Crippen molar-refractivity contribution in [2.45, 2.75) is 11.3 Å². The maximum atomic E-state index is 11.8. The molecule has 0 atom stereocenters. The van der Waals surface area contributed by atoms with E-state index in [4.69, 9.17) is 5.73 Å². The Balaban J connectivity index is 2.56. The van der Waals surface area contributed by atoms with Gasteiger partial charge in [-0.25, -0.2) is 8.42 Å². The molecular formula is C15H17NO3S. The first-order valence-corrected chi connectivity index (χ1v) is 8.14. The van der Waals surface area contributed by atoms with Gasteiger partial charge in [0, 0.05) is 11.8 Å². The summed E-state index contributed by atoms with van der Waals surface area (Å²) in [5.41, 5.74) is 7.49. The molecule has 0 aromatic heterocycles. The number of sulfone groups is 1. The second-order valence-electron chi connectivity index (χ2n) is 4.65. The molecule has 0 radical (unpaired) electrons. The number of hydrogen-bond donors (Lipinski definition) is 2. The number of nitrogens with two attached hydrogens (primary N) is 1. The van der Waals surface area contributed by atoms with Gasteiger partial charge in [-0.05, 0) is 36.2 Å². The van der Waals surface area contributed by atoms with Gasteiger partial charge in [0.05, 0.1) is 4.90 Å². The smallest absolute Gasteiger partial charge is 0.176 e. The fourth-order valence-electron chi connectivity index (χ4n) is 2.13. The Morgan fingerprint density at radius 1 is 1.15 bits per heavy atom. The number of benzene rings is 2. The average molecular weight is 291 g/mol. The van der Waals surface area contributed by atoms with Gasteiger partial charge in [0.25, 0.3) is 0 Å². The van der Waals surface area contributed by atoms with E-state index in [0.717, 1.165) is 5.56 Å². The number of phenolic OH excluding ortho intramolecular Hbond substituents is 1. The summed E-state index contributed by atoms with van der Waals surface area (Å²) in [6, 6.07) is 11.9. The monoisotopic (exact) mass is 291 g/mol. The van der Waals surface area contributed by atoms with Crippen LogP contribution >= 0.6 is 0 Å². The minimum atomic E-state index is -3.32. The van der Waals surface area contributed by atoms with E-state index in [1.165, 1.54) is 6.26 Å². The minimum Gasteiger partial charge on any atom is -0.508 e. The maximum absolute atomic E-state index is 11.8. The van der Waals surface area contributed by atoms with E-state index in [1.54, 1.807) is 42.5 Å². The molecule has 5 heteroatoms. The molecule has 4 nitrogen and oxygen atoms in total. The van der Waals surface area contributed by atoms with Gasteiger partial charge in [0.15, 0.2) is 9.84 Å². The van der Waals surface area contributed by atoms with Crippen LogP contribution in [-0.2, 0) is 16.3 Å². The van der Waals surface area contributed by atoms with Crippen LogP contribution in [0.3, 0.4) is 0 Å². The molecule has 0 bridgehead atoms. The molecule has 3 N–H and O–H groups in total. The average Bonchev–Trinajstić information content (AvgIpc) is 2.40.